The van der Waals surface area contributed by atoms with Crippen LogP contribution >= 0.6 is 0 Å². The number of rotatable bonds is 0. The first kappa shape index (κ1) is 32.3. The lowest BCUT2D eigenvalue weighted by molar-refractivity contribution is 0.0437. The van der Waals surface area contributed by atoms with Gasteiger partial charge in [-0.15, -0.1) is 13.2 Å². The second kappa shape index (κ2) is 21.6. The van der Waals surface area contributed by atoms with E-state index in [4.69, 9.17) is 0 Å². The SMILES string of the molecule is C=C(C)C.C=C(C)C.CC(C)(F)F.CC(C)C.CC(C)C. The van der Waals surface area contributed by atoms with Crippen molar-refractivity contribution in [2.24, 2.45) is 11.8 Å². The Morgan fingerprint density at radius 2 is 0.667 bits per heavy atom. The number of halogens is 2. The zero-order chi connectivity index (χ0) is 18.8. The molecular weight excluding hydrogens is 266 g/mol. The minimum absolute atomic E-state index is 0.833. The summed E-state index contributed by atoms with van der Waals surface area (Å²) in [5.41, 5.74) is 2.33. The van der Waals surface area contributed by atoms with Crippen molar-refractivity contribution in [1.29, 1.82) is 0 Å². The average molecular weight is 309 g/mol. The van der Waals surface area contributed by atoms with Crippen molar-refractivity contribution in [3.05, 3.63) is 24.3 Å². The maximum absolute atomic E-state index is 11.0. The Kier molecular flexibility index (Phi) is 33.3. The molecule has 0 aromatic heterocycles. The molecule has 0 unspecified atom stereocenters. The van der Waals surface area contributed by atoms with Crippen molar-refractivity contribution in [2.75, 3.05) is 0 Å². The second-order valence-corrected chi connectivity index (χ2v) is 7.21. The summed E-state index contributed by atoms with van der Waals surface area (Å²) in [5.74, 6) is -0.833. The molecule has 0 aliphatic carbocycles. The summed E-state index contributed by atoms with van der Waals surface area (Å²) >= 11 is 0. The Labute approximate surface area is 134 Å². The monoisotopic (exact) mass is 308 g/mol. The molecule has 0 aliphatic heterocycles. The van der Waals surface area contributed by atoms with Crippen LogP contribution < -0.4 is 0 Å². The lowest BCUT2D eigenvalue weighted by Crippen LogP contribution is -1.98. The van der Waals surface area contributed by atoms with Crippen LogP contribution in [0.4, 0.5) is 8.78 Å². The molecule has 0 rings (SSSR count). The van der Waals surface area contributed by atoms with Gasteiger partial charge in [-0.3, -0.25) is 0 Å². The smallest absolute Gasteiger partial charge is 0.208 e. The van der Waals surface area contributed by atoms with Crippen LogP contribution in [0.1, 0.15) is 83.1 Å². The zero-order valence-corrected chi connectivity index (χ0v) is 16.8. The molecule has 0 bridgehead atoms. The van der Waals surface area contributed by atoms with Crippen molar-refractivity contribution in [3.63, 3.8) is 0 Å². The van der Waals surface area contributed by atoms with E-state index in [1.165, 1.54) is 11.1 Å². The minimum Gasteiger partial charge on any atom is -0.208 e. The molecule has 0 N–H and O–H groups in total. The highest BCUT2D eigenvalue weighted by Gasteiger charge is 2.08. The molecule has 0 saturated carbocycles. The van der Waals surface area contributed by atoms with Crippen molar-refractivity contribution in [1.82, 2.24) is 0 Å². The van der Waals surface area contributed by atoms with E-state index in [-0.39, 0.29) is 0 Å². The fraction of sp³-hybridized carbons (Fsp3) is 0.789. The highest BCUT2D eigenvalue weighted by atomic mass is 19.3. The number of hydrogen-bond acceptors (Lipinski definition) is 0. The first-order valence-corrected chi connectivity index (χ1v) is 7.55. The molecule has 132 valence electrons. The molecule has 0 radical (unpaired) electrons. The van der Waals surface area contributed by atoms with E-state index in [2.05, 4.69) is 54.7 Å². The fourth-order valence-corrected chi connectivity index (χ4v) is 0. The Balaban J connectivity index is -0.0000000510. The Bertz CT molecular complexity index is 171. The van der Waals surface area contributed by atoms with Gasteiger partial charge in [-0.2, -0.15) is 0 Å². The van der Waals surface area contributed by atoms with Gasteiger partial charge in [0.2, 0.25) is 5.92 Å². The van der Waals surface area contributed by atoms with Crippen LogP contribution in [-0.2, 0) is 0 Å². The third-order valence-electron chi connectivity index (χ3n) is 0. The van der Waals surface area contributed by atoms with Crippen LogP contribution in [0.15, 0.2) is 24.3 Å². The third-order valence-corrected chi connectivity index (χ3v) is 0. The first-order valence-electron chi connectivity index (χ1n) is 7.55. The highest BCUT2D eigenvalue weighted by molar-refractivity contribution is 4.79. The standard InChI is InChI=1S/2C4H10.2C4H8.C3H6F2/c4*1-4(2)3;1-3(2,4)5/h2*4H,1-3H3;2*1H2,2-3H3;1-2H3. The normalized spacial score (nSPS) is 8.76. The van der Waals surface area contributed by atoms with E-state index < -0.39 is 5.92 Å². The van der Waals surface area contributed by atoms with E-state index in [0.29, 0.717) is 0 Å². The van der Waals surface area contributed by atoms with Gasteiger partial charge >= 0.3 is 0 Å². The van der Waals surface area contributed by atoms with Gasteiger partial charge in [0.1, 0.15) is 0 Å². The molecular formula is C19H42F2. The van der Waals surface area contributed by atoms with Crippen LogP contribution in [0.2, 0.25) is 0 Å². The van der Waals surface area contributed by atoms with Crippen LogP contribution in [0.3, 0.4) is 0 Å². The van der Waals surface area contributed by atoms with Gasteiger partial charge in [0.15, 0.2) is 0 Å². The molecule has 0 aromatic carbocycles. The topological polar surface area (TPSA) is 0 Å². The summed E-state index contributed by atoms with van der Waals surface area (Å²) in [6.07, 6.45) is 0. The summed E-state index contributed by atoms with van der Waals surface area (Å²) in [7, 11) is 0. The molecule has 0 aliphatic rings. The zero-order valence-electron chi connectivity index (χ0n) is 16.8. The van der Waals surface area contributed by atoms with Gasteiger partial charge in [0, 0.05) is 0 Å². The summed E-state index contributed by atoms with van der Waals surface area (Å²) in [6, 6.07) is 0. The van der Waals surface area contributed by atoms with E-state index in [1.54, 1.807) is 0 Å². The molecule has 0 nitrogen and oxygen atoms in total. The lowest BCUT2D eigenvalue weighted by Gasteiger charge is -1.94. The molecule has 0 fully saturated rings. The second-order valence-electron chi connectivity index (χ2n) is 7.21. The predicted molar refractivity (Wildman–Crippen MR) is 98.3 cm³/mol. The van der Waals surface area contributed by atoms with E-state index in [0.717, 1.165) is 25.7 Å². The summed E-state index contributed by atoms with van der Waals surface area (Å²) in [6.45, 7) is 29.7. The maximum atomic E-state index is 11.0. The van der Waals surface area contributed by atoms with Crippen molar-refractivity contribution >= 4 is 0 Å². The molecule has 2 heteroatoms. The van der Waals surface area contributed by atoms with Crippen LogP contribution in [0, 0.1) is 11.8 Å². The van der Waals surface area contributed by atoms with Crippen LogP contribution in [0.5, 0.6) is 0 Å². The van der Waals surface area contributed by atoms with Crippen LogP contribution in [-0.4, -0.2) is 5.92 Å². The average Bonchev–Trinajstić information content (AvgIpc) is 1.91. The molecule has 21 heavy (non-hydrogen) atoms. The molecule has 0 amide bonds. The van der Waals surface area contributed by atoms with Crippen molar-refractivity contribution in [3.8, 4) is 0 Å². The van der Waals surface area contributed by atoms with Crippen molar-refractivity contribution < 1.29 is 8.78 Å². The number of hydrogen-bond donors (Lipinski definition) is 0. The van der Waals surface area contributed by atoms with Crippen molar-refractivity contribution in [2.45, 2.75) is 89.0 Å². The van der Waals surface area contributed by atoms with Gasteiger partial charge in [-0.05, 0) is 53.4 Å². The Hall–Kier alpha value is -0.660. The third kappa shape index (κ3) is 13300. The van der Waals surface area contributed by atoms with Gasteiger partial charge in [-0.25, -0.2) is 8.78 Å². The van der Waals surface area contributed by atoms with Gasteiger partial charge in [0.25, 0.3) is 0 Å². The molecule has 0 spiro atoms. The molecule has 0 saturated heterocycles. The van der Waals surface area contributed by atoms with Gasteiger partial charge in [0.05, 0.1) is 0 Å². The Morgan fingerprint density at radius 3 is 0.667 bits per heavy atom. The van der Waals surface area contributed by atoms with E-state index in [9.17, 15) is 8.78 Å². The summed E-state index contributed by atoms with van der Waals surface area (Å²) in [5, 5.41) is 0. The summed E-state index contributed by atoms with van der Waals surface area (Å²) < 4.78 is 22.0. The fourth-order valence-electron chi connectivity index (χ4n) is 0. The Morgan fingerprint density at radius 1 is 0.667 bits per heavy atom. The largest absolute Gasteiger partial charge is 0.242 e. The summed E-state index contributed by atoms with van der Waals surface area (Å²) in [4.78, 5) is 0. The van der Waals surface area contributed by atoms with E-state index in [1.807, 2.05) is 27.7 Å². The van der Waals surface area contributed by atoms with Crippen LogP contribution in [0.25, 0.3) is 0 Å². The number of alkyl halides is 2. The number of allylic oxidation sites excluding steroid dienone is 2. The van der Waals surface area contributed by atoms with Gasteiger partial charge < -0.3 is 0 Å². The van der Waals surface area contributed by atoms with Gasteiger partial charge in [-0.1, -0.05) is 52.7 Å². The lowest BCUT2D eigenvalue weighted by atomic mass is 10.3. The quantitative estimate of drug-likeness (QED) is 0.396. The first-order chi connectivity index (χ1) is 8.93. The molecule has 0 atom stereocenters. The maximum Gasteiger partial charge on any atom is 0.242 e. The molecule has 0 heterocycles. The molecule has 0 aromatic rings. The highest BCUT2D eigenvalue weighted by Crippen LogP contribution is 2.06. The minimum atomic E-state index is -2.50. The predicted octanol–water partition coefficient (Wildman–Crippen LogP) is 8.15. The van der Waals surface area contributed by atoms with E-state index >= 15 is 0 Å².